The number of nitrogens with zero attached hydrogens (tertiary/aromatic N) is 5. The number of hydrogen-bond acceptors (Lipinski definition) is 7. The molecule has 0 unspecified atom stereocenters. The van der Waals surface area contributed by atoms with Crippen molar-refractivity contribution < 1.29 is 4.74 Å². The second kappa shape index (κ2) is 6.52. The largest absolute Gasteiger partial charge is 0.378 e. The second-order valence-electron chi connectivity index (χ2n) is 5.02. The molecule has 0 radical (unpaired) electrons. The first-order valence-corrected chi connectivity index (χ1v) is 7.12. The Morgan fingerprint density at radius 1 is 1.18 bits per heavy atom. The van der Waals surface area contributed by atoms with Gasteiger partial charge in [0.2, 0.25) is 11.9 Å². The Morgan fingerprint density at radius 2 is 1.86 bits per heavy atom. The van der Waals surface area contributed by atoms with Crippen molar-refractivity contribution in [2.24, 2.45) is 0 Å². The normalized spacial score (nSPS) is 15.1. The van der Waals surface area contributed by atoms with Crippen LogP contribution in [0.2, 0.25) is 0 Å². The molecule has 2 aromatic heterocycles. The molecule has 1 saturated heterocycles. The molecule has 1 aliphatic heterocycles. The maximum absolute atomic E-state index is 11.7. The van der Waals surface area contributed by atoms with Crippen LogP contribution in [0, 0.1) is 0 Å². The number of ether oxygens (including phenoxy) is 1. The average molecular weight is 302 g/mol. The topological polar surface area (TPSA) is 87.2 Å². The highest BCUT2D eigenvalue weighted by atomic mass is 16.5. The van der Waals surface area contributed by atoms with Crippen LogP contribution in [-0.2, 0) is 11.3 Å². The number of rotatable bonds is 4. The smallest absolute Gasteiger partial charge is 0.252 e. The van der Waals surface area contributed by atoms with Gasteiger partial charge in [-0.05, 0) is 6.07 Å². The predicted molar refractivity (Wildman–Crippen MR) is 82.0 cm³/mol. The Hall–Kier alpha value is -2.48. The lowest BCUT2D eigenvalue weighted by Crippen LogP contribution is -2.48. The molecule has 1 N–H and O–H groups in total. The number of piperazine rings is 1. The van der Waals surface area contributed by atoms with Crippen molar-refractivity contribution in [2.45, 2.75) is 6.61 Å². The zero-order chi connectivity index (χ0) is 15.4. The Bertz CT molecular complexity index is 667. The molecule has 1 fully saturated rings. The highest BCUT2D eigenvalue weighted by molar-refractivity contribution is 5.37. The van der Waals surface area contributed by atoms with E-state index in [1.54, 1.807) is 25.6 Å². The van der Waals surface area contributed by atoms with Gasteiger partial charge in [-0.3, -0.25) is 9.78 Å². The number of aromatic nitrogens is 4. The van der Waals surface area contributed by atoms with Gasteiger partial charge in [0.15, 0.2) is 0 Å². The van der Waals surface area contributed by atoms with Crippen LogP contribution in [0.4, 0.5) is 11.9 Å². The van der Waals surface area contributed by atoms with Crippen LogP contribution in [0.25, 0.3) is 0 Å². The average Bonchev–Trinajstić information content (AvgIpc) is 2.56. The molecule has 0 amide bonds. The third-order valence-electron chi connectivity index (χ3n) is 3.49. The van der Waals surface area contributed by atoms with Gasteiger partial charge < -0.3 is 14.5 Å². The van der Waals surface area contributed by atoms with E-state index in [-0.39, 0.29) is 5.56 Å². The predicted octanol–water partition coefficient (Wildman–Crippen LogP) is 0.0329. The summed E-state index contributed by atoms with van der Waals surface area (Å²) in [7, 11) is 1.58. The van der Waals surface area contributed by atoms with Gasteiger partial charge in [0.25, 0.3) is 5.56 Å². The van der Waals surface area contributed by atoms with E-state index in [1.165, 1.54) is 6.07 Å². The maximum Gasteiger partial charge on any atom is 0.252 e. The van der Waals surface area contributed by atoms with E-state index in [1.807, 2.05) is 0 Å². The number of nitrogens with one attached hydrogen (secondary N) is 1. The van der Waals surface area contributed by atoms with Gasteiger partial charge in [-0.15, -0.1) is 0 Å². The number of hydrogen-bond donors (Lipinski definition) is 1. The summed E-state index contributed by atoms with van der Waals surface area (Å²) < 4.78 is 5.04. The monoisotopic (exact) mass is 302 g/mol. The van der Waals surface area contributed by atoms with Crippen LogP contribution < -0.4 is 15.4 Å². The lowest BCUT2D eigenvalue weighted by atomic mass is 10.3. The molecule has 8 heteroatoms. The van der Waals surface area contributed by atoms with Gasteiger partial charge in [0, 0.05) is 51.7 Å². The molecule has 0 aliphatic carbocycles. The first-order chi connectivity index (χ1) is 10.8. The van der Waals surface area contributed by atoms with Crippen molar-refractivity contribution in [2.75, 3.05) is 43.1 Å². The van der Waals surface area contributed by atoms with Gasteiger partial charge in [-0.2, -0.15) is 0 Å². The van der Waals surface area contributed by atoms with Gasteiger partial charge in [-0.1, -0.05) is 0 Å². The Kier molecular flexibility index (Phi) is 4.29. The van der Waals surface area contributed by atoms with Gasteiger partial charge in [-0.25, -0.2) is 15.0 Å². The van der Waals surface area contributed by atoms with Crippen molar-refractivity contribution in [1.29, 1.82) is 0 Å². The molecule has 22 heavy (non-hydrogen) atoms. The SMILES string of the molecule is COCc1cc(=O)[nH]c(N2CCN(c3ncccn3)CC2)n1. The molecule has 116 valence electrons. The van der Waals surface area contributed by atoms with Crippen molar-refractivity contribution in [1.82, 2.24) is 19.9 Å². The van der Waals surface area contributed by atoms with E-state index in [9.17, 15) is 4.79 Å². The lowest BCUT2D eigenvalue weighted by molar-refractivity contribution is 0.181. The molecule has 0 atom stereocenters. The quantitative estimate of drug-likeness (QED) is 0.852. The molecule has 0 saturated carbocycles. The molecule has 8 nitrogen and oxygen atoms in total. The highest BCUT2D eigenvalue weighted by Gasteiger charge is 2.20. The number of aromatic amines is 1. The minimum atomic E-state index is -0.161. The lowest BCUT2D eigenvalue weighted by Gasteiger charge is -2.34. The molecular formula is C14H18N6O2. The Labute approximate surface area is 127 Å². The summed E-state index contributed by atoms with van der Waals surface area (Å²) in [6.07, 6.45) is 3.48. The molecule has 1 aliphatic rings. The summed E-state index contributed by atoms with van der Waals surface area (Å²) in [5.74, 6) is 1.32. The Balaban J connectivity index is 1.70. The number of H-pyrrole nitrogens is 1. The second-order valence-corrected chi connectivity index (χ2v) is 5.02. The van der Waals surface area contributed by atoms with Gasteiger partial charge in [0.05, 0.1) is 12.3 Å². The van der Waals surface area contributed by atoms with Crippen LogP contribution in [0.1, 0.15) is 5.69 Å². The fourth-order valence-electron chi connectivity index (χ4n) is 2.44. The van der Waals surface area contributed by atoms with Crippen LogP contribution in [0.15, 0.2) is 29.3 Å². The summed E-state index contributed by atoms with van der Waals surface area (Å²) in [4.78, 5) is 31.6. The third kappa shape index (κ3) is 3.22. The number of methoxy groups -OCH3 is 1. The van der Waals surface area contributed by atoms with Crippen molar-refractivity contribution in [3.63, 3.8) is 0 Å². The first kappa shape index (κ1) is 14.5. The maximum atomic E-state index is 11.7. The first-order valence-electron chi connectivity index (χ1n) is 7.12. The van der Waals surface area contributed by atoms with Crippen molar-refractivity contribution in [3.8, 4) is 0 Å². The minimum Gasteiger partial charge on any atom is -0.378 e. The summed E-state index contributed by atoms with van der Waals surface area (Å²) in [6.45, 7) is 3.38. The zero-order valence-electron chi connectivity index (χ0n) is 12.4. The van der Waals surface area contributed by atoms with Crippen molar-refractivity contribution in [3.05, 3.63) is 40.6 Å². The minimum absolute atomic E-state index is 0.161. The summed E-state index contributed by atoms with van der Waals surface area (Å²) in [5, 5.41) is 0. The van der Waals surface area contributed by atoms with E-state index in [4.69, 9.17) is 4.74 Å². The molecule has 3 rings (SSSR count). The molecule has 0 aromatic carbocycles. The van der Waals surface area contributed by atoms with Crippen LogP contribution in [-0.4, -0.2) is 53.2 Å². The van der Waals surface area contributed by atoms with E-state index in [0.717, 1.165) is 32.1 Å². The summed E-state index contributed by atoms with van der Waals surface area (Å²) >= 11 is 0. The van der Waals surface area contributed by atoms with Gasteiger partial charge in [0.1, 0.15) is 0 Å². The van der Waals surface area contributed by atoms with Gasteiger partial charge >= 0.3 is 0 Å². The van der Waals surface area contributed by atoms with Crippen LogP contribution in [0.3, 0.4) is 0 Å². The number of anilines is 2. The van der Waals surface area contributed by atoms with E-state index >= 15 is 0 Å². The Morgan fingerprint density at radius 3 is 2.55 bits per heavy atom. The van der Waals surface area contributed by atoms with Crippen LogP contribution >= 0.6 is 0 Å². The molecule has 3 heterocycles. The highest BCUT2D eigenvalue weighted by Crippen LogP contribution is 2.13. The van der Waals surface area contributed by atoms with E-state index in [2.05, 4.69) is 29.7 Å². The molecular weight excluding hydrogens is 284 g/mol. The molecule has 2 aromatic rings. The third-order valence-corrected chi connectivity index (χ3v) is 3.49. The fraction of sp³-hybridized carbons (Fsp3) is 0.429. The van der Waals surface area contributed by atoms with E-state index < -0.39 is 0 Å². The van der Waals surface area contributed by atoms with Crippen molar-refractivity contribution >= 4 is 11.9 Å². The van der Waals surface area contributed by atoms with E-state index in [0.29, 0.717) is 18.2 Å². The zero-order valence-corrected chi connectivity index (χ0v) is 12.4. The molecule has 0 bridgehead atoms. The standard InChI is InChI=1S/C14H18N6O2/c1-22-10-11-9-12(21)18-14(17-11)20-7-5-19(6-8-20)13-15-3-2-4-16-13/h2-4,9H,5-8,10H2,1H3,(H,17,18,21). The fourth-order valence-corrected chi connectivity index (χ4v) is 2.44. The summed E-state index contributed by atoms with van der Waals surface area (Å²) in [6, 6.07) is 3.26. The van der Waals surface area contributed by atoms with Crippen LogP contribution in [0.5, 0.6) is 0 Å². The molecule has 0 spiro atoms. The summed E-state index contributed by atoms with van der Waals surface area (Å²) in [5.41, 5.74) is 0.473.